The first kappa shape index (κ1) is 36.1. The van der Waals surface area contributed by atoms with E-state index in [-0.39, 0.29) is 46.8 Å². The maximum atomic E-state index is 12.4. The standard InChI is InChI=1S/C18H12O5.C15H10O4.C3H3ClO.CH4/c1-2-15(19)22-12-8-9-14-13(10-12)16(20)17(21)18(23-14)11-6-4-3-5-7-11;16-10-6-7-12-11(8-10)13(17)14(18)15(19-12)9-4-2-1-3-5-9;1-2-3(4)5;/h2-10,21H,1H2;1-8,16,18H;2H,1H2;1H4. The lowest BCUT2D eigenvalue weighted by atomic mass is 10.1. The number of phenols is 1. The van der Waals surface area contributed by atoms with Gasteiger partial charge in [0.05, 0.1) is 10.8 Å². The molecule has 10 nitrogen and oxygen atoms in total. The van der Waals surface area contributed by atoms with Gasteiger partial charge in [0.2, 0.25) is 27.6 Å². The number of halogens is 1. The number of aromatic hydroxyl groups is 3. The average Bonchev–Trinajstić information content (AvgIpc) is 3.09. The summed E-state index contributed by atoms with van der Waals surface area (Å²) in [5, 5.41) is 29.2. The zero-order chi connectivity index (χ0) is 34.1. The highest BCUT2D eigenvalue weighted by molar-refractivity contribution is 6.66. The topological polar surface area (TPSA) is 164 Å². The first-order valence-corrected chi connectivity index (χ1v) is 14.0. The van der Waals surface area contributed by atoms with Gasteiger partial charge in [0.1, 0.15) is 22.7 Å². The fraction of sp³-hybridized carbons (Fsp3) is 0.0270. The molecule has 244 valence electrons. The van der Waals surface area contributed by atoms with E-state index in [2.05, 4.69) is 13.2 Å². The van der Waals surface area contributed by atoms with Crippen LogP contribution in [0.3, 0.4) is 0 Å². The van der Waals surface area contributed by atoms with Crippen LogP contribution in [0.4, 0.5) is 0 Å². The predicted molar refractivity (Wildman–Crippen MR) is 184 cm³/mol. The van der Waals surface area contributed by atoms with Crippen LogP contribution in [0.2, 0.25) is 0 Å². The monoisotopic (exact) mass is 668 g/mol. The van der Waals surface area contributed by atoms with Crippen LogP contribution in [-0.2, 0) is 9.59 Å². The Balaban J connectivity index is 0.000000227. The van der Waals surface area contributed by atoms with E-state index in [4.69, 9.17) is 25.2 Å². The third-order valence-electron chi connectivity index (χ3n) is 6.31. The number of benzene rings is 4. The fourth-order valence-corrected chi connectivity index (χ4v) is 4.13. The van der Waals surface area contributed by atoms with Crippen molar-refractivity contribution in [2.24, 2.45) is 0 Å². The highest BCUT2D eigenvalue weighted by atomic mass is 35.5. The lowest BCUT2D eigenvalue weighted by Gasteiger charge is -2.07. The van der Waals surface area contributed by atoms with Crippen LogP contribution in [0.25, 0.3) is 44.6 Å². The van der Waals surface area contributed by atoms with E-state index >= 15 is 0 Å². The number of rotatable bonds is 5. The first-order valence-electron chi connectivity index (χ1n) is 13.6. The van der Waals surface area contributed by atoms with E-state index in [1.165, 1.54) is 36.4 Å². The largest absolute Gasteiger partial charge is 0.508 e. The van der Waals surface area contributed by atoms with Crippen LogP contribution < -0.4 is 15.6 Å². The van der Waals surface area contributed by atoms with Gasteiger partial charge in [-0.3, -0.25) is 14.4 Å². The van der Waals surface area contributed by atoms with Gasteiger partial charge in [-0.25, -0.2) is 4.79 Å². The number of carbonyl (C=O) groups is 2. The molecule has 0 saturated carbocycles. The van der Waals surface area contributed by atoms with Crippen molar-refractivity contribution in [2.75, 3.05) is 0 Å². The smallest absolute Gasteiger partial charge is 0.335 e. The minimum Gasteiger partial charge on any atom is -0.508 e. The quantitative estimate of drug-likeness (QED) is 0.0717. The van der Waals surface area contributed by atoms with Crippen LogP contribution in [0.5, 0.6) is 23.0 Å². The lowest BCUT2D eigenvalue weighted by Crippen LogP contribution is -2.06. The van der Waals surface area contributed by atoms with Gasteiger partial charge < -0.3 is 28.9 Å². The number of fused-ring (bicyclic) bond motifs is 2. The van der Waals surface area contributed by atoms with Crippen molar-refractivity contribution in [3.05, 3.63) is 143 Å². The second-order valence-electron chi connectivity index (χ2n) is 9.42. The minimum absolute atomic E-state index is 0. The van der Waals surface area contributed by atoms with Crippen LogP contribution in [-0.4, -0.2) is 26.5 Å². The van der Waals surface area contributed by atoms with Crippen LogP contribution in [0.15, 0.2) is 141 Å². The molecular weight excluding hydrogens is 640 g/mol. The molecule has 0 atom stereocenters. The van der Waals surface area contributed by atoms with Crippen molar-refractivity contribution in [1.29, 1.82) is 0 Å². The Morgan fingerprint density at radius 1 is 0.667 bits per heavy atom. The molecule has 0 saturated heterocycles. The summed E-state index contributed by atoms with van der Waals surface area (Å²) in [7, 11) is 0. The molecule has 48 heavy (non-hydrogen) atoms. The molecule has 0 bridgehead atoms. The number of esters is 1. The van der Waals surface area contributed by atoms with E-state index in [0.29, 0.717) is 16.7 Å². The second-order valence-corrected chi connectivity index (χ2v) is 9.79. The summed E-state index contributed by atoms with van der Waals surface area (Å²) in [4.78, 5) is 45.1. The van der Waals surface area contributed by atoms with Gasteiger partial charge in [0, 0.05) is 17.2 Å². The number of hydrogen-bond acceptors (Lipinski definition) is 10. The molecule has 0 amide bonds. The zero-order valence-electron chi connectivity index (χ0n) is 24.4. The van der Waals surface area contributed by atoms with E-state index in [9.17, 15) is 34.5 Å². The molecule has 0 fully saturated rings. The van der Waals surface area contributed by atoms with Crippen molar-refractivity contribution in [3.63, 3.8) is 0 Å². The Morgan fingerprint density at radius 2 is 1.10 bits per heavy atom. The zero-order valence-corrected chi connectivity index (χ0v) is 25.1. The first-order chi connectivity index (χ1) is 22.5. The molecule has 4 aromatic carbocycles. The minimum atomic E-state index is -0.640. The van der Waals surface area contributed by atoms with Gasteiger partial charge in [0.25, 0.3) is 0 Å². The van der Waals surface area contributed by atoms with Gasteiger partial charge in [-0.05, 0) is 54.1 Å². The maximum Gasteiger partial charge on any atom is 0.335 e. The molecule has 0 aliphatic heterocycles. The highest BCUT2D eigenvalue weighted by Crippen LogP contribution is 2.32. The number of allylic oxidation sites excluding steroid dienone is 1. The number of ether oxygens (including phenoxy) is 1. The van der Waals surface area contributed by atoms with E-state index < -0.39 is 33.6 Å². The van der Waals surface area contributed by atoms with Crippen LogP contribution >= 0.6 is 11.6 Å². The molecule has 0 aliphatic carbocycles. The SMILES string of the molecule is C.C=CC(=O)Cl.C=CC(=O)Oc1ccc2oc(-c3ccccc3)c(O)c(=O)c2c1.O=c1c(O)c(-c2ccccc2)oc2ccc(O)cc12. The normalized spacial score (nSPS) is 9.94. The van der Waals surface area contributed by atoms with Crippen molar-refractivity contribution in [3.8, 4) is 45.6 Å². The average molecular weight is 669 g/mol. The van der Waals surface area contributed by atoms with Crippen LogP contribution in [0, 0.1) is 0 Å². The van der Waals surface area contributed by atoms with Gasteiger partial charge >= 0.3 is 5.97 Å². The second kappa shape index (κ2) is 16.3. The van der Waals surface area contributed by atoms with E-state index in [1.807, 2.05) is 12.1 Å². The van der Waals surface area contributed by atoms with Gasteiger partial charge in [-0.1, -0.05) is 81.2 Å². The third kappa shape index (κ3) is 8.45. The molecule has 0 aliphatic rings. The third-order valence-corrected chi connectivity index (χ3v) is 6.46. The molecule has 6 aromatic rings. The van der Waals surface area contributed by atoms with Crippen molar-refractivity contribution >= 4 is 44.8 Å². The maximum absolute atomic E-state index is 12.4. The Kier molecular flexibility index (Phi) is 12.2. The summed E-state index contributed by atoms with van der Waals surface area (Å²) < 4.78 is 16.2. The highest BCUT2D eigenvalue weighted by Gasteiger charge is 2.17. The molecular formula is C37H29ClO10. The molecule has 6 rings (SSSR count). The Labute approximate surface area is 278 Å². The summed E-state index contributed by atoms with van der Waals surface area (Å²) in [5.41, 5.74) is 0.653. The summed E-state index contributed by atoms with van der Waals surface area (Å²) in [6, 6.07) is 26.3. The summed E-state index contributed by atoms with van der Waals surface area (Å²) in [6.45, 7) is 6.38. The molecule has 0 radical (unpaired) electrons. The van der Waals surface area contributed by atoms with E-state index in [0.717, 1.165) is 12.2 Å². The van der Waals surface area contributed by atoms with Crippen LogP contribution in [0.1, 0.15) is 7.43 Å². The molecule has 0 spiro atoms. The molecule has 2 heterocycles. The van der Waals surface area contributed by atoms with Crippen molar-refractivity contribution in [2.45, 2.75) is 7.43 Å². The summed E-state index contributed by atoms with van der Waals surface area (Å²) >= 11 is 4.71. The van der Waals surface area contributed by atoms with Crippen molar-refractivity contribution in [1.82, 2.24) is 0 Å². The molecule has 0 unspecified atom stereocenters. The van der Waals surface area contributed by atoms with Gasteiger partial charge in [-0.15, -0.1) is 0 Å². The molecule has 2 aromatic heterocycles. The summed E-state index contributed by atoms with van der Waals surface area (Å²) in [6.07, 6.45) is 2.06. The van der Waals surface area contributed by atoms with E-state index in [1.54, 1.807) is 48.5 Å². The molecule has 3 N–H and O–H groups in total. The summed E-state index contributed by atoms with van der Waals surface area (Å²) in [5.74, 6) is -1.24. The van der Waals surface area contributed by atoms with Gasteiger partial charge in [0.15, 0.2) is 11.5 Å². The van der Waals surface area contributed by atoms with Gasteiger partial charge in [-0.2, -0.15) is 0 Å². The number of phenolic OH excluding ortho intramolecular Hbond substituents is 1. The Bertz CT molecular complexity index is 2220. The number of hydrogen-bond donors (Lipinski definition) is 3. The Hall–Kier alpha value is -6.39. The fourth-order valence-electron chi connectivity index (χ4n) is 4.13. The number of carbonyl (C=O) groups excluding carboxylic acids is 2. The molecule has 11 heteroatoms. The predicted octanol–water partition coefficient (Wildman–Crippen LogP) is 7.70. The van der Waals surface area contributed by atoms with Crippen molar-refractivity contribution < 1.29 is 38.5 Å². The lowest BCUT2D eigenvalue weighted by molar-refractivity contribution is -0.129. The Morgan fingerprint density at radius 3 is 1.54 bits per heavy atom.